The lowest BCUT2D eigenvalue weighted by atomic mass is 9.94. The van der Waals surface area contributed by atoms with E-state index in [2.05, 4.69) is 9.97 Å². The number of benzene rings is 3. The Morgan fingerprint density at radius 3 is 2.61 bits per heavy atom. The second kappa shape index (κ2) is 7.89. The molecule has 0 unspecified atom stereocenters. The SMILES string of the molecule is Cc1ccc(C(=O)Cc2cccc(C(F)(F)F)c2)cc1-c1ccc2c(c1)[nH]c1ncccc12. The van der Waals surface area contributed by atoms with Gasteiger partial charge >= 0.3 is 6.18 Å². The van der Waals surface area contributed by atoms with Crippen LogP contribution in [0.3, 0.4) is 0 Å². The topological polar surface area (TPSA) is 45.8 Å². The van der Waals surface area contributed by atoms with Gasteiger partial charge in [0, 0.05) is 34.5 Å². The smallest absolute Gasteiger partial charge is 0.339 e. The number of pyridine rings is 1. The summed E-state index contributed by atoms with van der Waals surface area (Å²) in [7, 11) is 0. The van der Waals surface area contributed by atoms with Crippen LogP contribution < -0.4 is 0 Å². The molecule has 5 rings (SSSR count). The maximum atomic E-state index is 13.0. The van der Waals surface area contributed by atoms with Crippen LogP contribution in [0.4, 0.5) is 13.2 Å². The Morgan fingerprint density at radius 2 is 1.79 bits per heavy atom. The molecule has 164 valence electrons. The quantitative estimate of drug-likeness (QED) is 0.300. The van der Waals surface area contributed by atoms with E-state index in [0.717, 1.165) is 50.8 Å². The zero-order valence-corrected chi connectivity index (χ0v) is 17.7. The monoisotopic (exact) mass is 444 g/mol. The standard InChI is InChI=1S/C27H19F3N2O/c1-16-7-8-19(25(33)13-17-4-2-5-20(12-17)27(28,29)30)14-23(16)18-9-10-21-22-6-3-11-31-26(22)32-24(21)15-18/h2-12,14-15H,13H2,1H3,(H,31,32). The first kappa shape index (κ1) is 20.9. The van der Waals surface area contributed by atoms with E-state index in [-0.39, 0.29) is 12.2 Å². The van der Waals surface area contributed by atoms with Crippen molar-refractivity contribution in [3.63, 3.8) is 0 Å². The average molecular weight is 444 g/mol. The van der Waals surface area contributed by atoms with Gasteiger partial charge in [-0.25, -0.2) is 4.98 Å². The van der Waals surface area contributed by atoms with Gasteiger partial charge in [-0.2, -0.15) is 13.2 Å². The molecule has 5 aromatic rings. The maximum absolute atomic E-state index is 13.0. The van der Waals surface area contributed by atoms with Crippen molar-refractivity contribution in [1.82, 2.24) is 9.97 Å². The summed E-state index contributed by atoms with van der Waals surface area (Å²) in [5.41, 5.74) is 4.65. The molecule has 0 bridgehead atoms. The van der Waals surface area contributed by atoms with Crippen molar-refractivity contribution in [3.8, 4) is 11.1 Å². The highest BCUT2D eigenvalue weighted by Gasteiger charge is 2.30. The summed E-state index contributed by atoms with van der Waals surface area (Å²) in [6, 6.07) is 20.3. The third-order valence-corrected chi connectivity index (χ3v) is 5.86. The number of fused-ring (bicyclic) bond motifs is 3. The van der Waals surface area contributed by atoms with Crippen LogP contribution in [-0.2, 0) is 12.6 Å². The molecule has 2 aromatic heterocycles. The van der Waals surface area contributed by atoms with Gasteiger partial charge in [0.05, 0.1) is 5.56 Å². The van der Waals surface area contributed by atoms with Gasteiger partial charge in [-0.05, 0) is 59.5 Å². The van der Waals surface area contributed by atoms with Crippen molar-refractivity contribution in [2.45, 2.75) is 19.5 Å². The van der Waals surface area contributed by atoms with Gasteiger partial charge < -0.3 is 4.98 Å². The summed E-state index contributed by atoms with van der Waals surface area (Å²) < 4.78 is 39.0. The number of carbonyl (C=O) groups is 1. The largest absolute Gasteiger partial charge is 0.416 e. The van der Waals surface area contributed by atoms with E-state index in [1.165, 1.54) is 6.07 Å². The normalized spacial score (nSPS) is 11.9. The molecule has 0 aliphatic carbocycles. The molecule has 0 fully saturated rings. The first-order chi connectivity index (χ1) is 15.8. The number of aryl methyl sites for hydroxylation is 1. The lowest BCUT2D eigenvalue weighted by Crippen LogP contribution is -2.08. The Hall–Kier alpha value is -3.93. The number of halogens is 3. The molecular formula is C27H19F3N2O. The van der Waals surface area contributed by atoms with Crippen LogP contribution in [0, 0.1) is 6.92 Å². The van der Waals surface area contributed by atoms with E-state index >= 15 is 0 Å². The number of aromatic nitrogens is 2. The zero-order valence-electron chi connectivity index (χ0n) is 17.7. The Labute approximate surface area is 187 Å². The molecular weight excluding hydrogens is 425 g/mol. The fourth-order valence-corrected chi connectivity index (χ4v) is 4.15. The number of alkyl halides is 3. The van der Waals surface area contributed by atoms with Crippen molar-refractivity contribution < 1.29 is 18.0 Å². The fourth-order valence-electron chi connectivity index (χ4n) is 4.15. The molecule has 0 atom stereocenters. The third kappa shape index (κ3) is 4.00. The van der Waals surface area contributed by atoms with Gasteiger partial charge in [-0.1, -0.05) is 42.5 Å². The van der Waals surface area contributed by atoms with Gasteiger partial charge in [-0.15, -0.1) is 0 Å². The van der Waals surface area contributed by atoms with Crippen LogP contribution >= 0.6 is 0 Å². The van der Waals surface area contributed by atoms with Crippen molar-refractivity contribution in [3.05, 3.63) is 101 Å². The number of hydrogen-bond acceptors (Lipinski definition) is 2. The Kier molecular flexibility index (Phi) is 5.01. The zero-order chi connectivity index (χ0) is 23.2. The van der Waals surface area contributed by atoms with Gasteiger partial charge in [0.2, 0.25) is 0 Å². The van der Waals surface area contributed by atoms with E-state index in [1.807, 2.05) is 49.4 Å². The molecule has 1 N–H and O–H groups in total. The van der Waals surface area contributed by atoms with Crippen LogP contribution in [0.15, 0.2) is 79.0 Å². The molecule has 3 aromatic carbocycles. The third-order valence-electron chi connectivity index (χ3n) is 5.86. The summed E-state index contributed by atoms with van der Waals surface area (Å²) in [5.74, 6) is -0.230. The summed E-state index contributed by atoms with van der Waals surface area (Å²) in [5, 5.41) is 2.11. The molecule has 0 saturated heterocycles. The fraction of sp³-hybridized carbons (Fsp3) is 0.111. The summed E-state index contributed by atoms with van der Waals surface area (Å²) in [6.45, 7) is 1.97. The predicted molar refractivity (Wildman–Crippen MR) is 123 cm³/mol. The molecule has 0 aliphatic heterocycles. The second-order valence-electron chi connectivity index (χ2n) is 8.11. The van der Waals surface area contributed by atoms with Crippen molar-refractivity contribution >= 4 is 27.7 Å². The highest BCUT2D eigenvalue weighted by molar-refractivity contribution is 6.07. The lowest BCUT2D eigenvalue weighted by molar-refractivity contribution is -0.137. The Morgan fingerprint density at radius 1 is 0.939 bits per heavy atom. The highest BCUT2D eigenvalue weighted by Crippen LogP contribution is 2.32. The maximum Gasteiger partial charge on any atom is 0.416 e. The highest BCUT2D eigenvalue weighted by atomic mass is 19.4. The number of carbonyl (C=O) groups excluding carboxylic acids is 1. The molecule has 0 amide bonds. The summed E-state index contributed by atoms with van der Waals surface area (Å²) in [4.78, 5) is 20.6. The van der Waals surface area contributed by atoms with E-state index in [0.29, 0.717) is 11.1 Å². The number of nitrogens with one attached hydrogen (secondary N) is 1. The molecule has 2 heterocycles. The van der Waals surface area contributed by atoms with Crippen LogP contribution in [-0.4, -0.2) is 15.8 Å². The second-order valence-corrected chi connectivity index (χ2v) is 8.11. The number of hydrogen-bond donors (Lipinski definition) is 1. The molecule has 33 heavy (non-hydrogen) atoms. The van der Waals surface area contributed by atoms with E-state index in [9.17, 15) is 18.0 Å². The van der Waals surface area contributed by atoms with Gasteiger partial charge in [0.25, 0.3) is 0 Å². The van der Waals surface area contributed by atoms with E-state index in [1.54, 1.807) is 18.3 Å². The predicted octanol–water partition coefficient (Wildman–Crippen LogP) is 7.14. The molecule has 0 aliphatic rings. The van der Waals surface area contributed by atoms with Crippen LogP contribution in [0.25, 0.3) is 33.1 Å². The first-order valence-electron chi connectivity index (χ1n) is 10.5. The molecule has 0 spiro atoms. The average Bonchev–Trinajstić information content (AvgIpc) is 3.17. The molecule has 0 saturated carbocycles. The van der Waals surface area contributed by atoms with Crippen LogP contribution in [0.2, 0.25) is 0 Å². The van der Waals surface area contributed by atoms with Crippen LogP contribution in [0.1, 0.15) is 27.0 Å². The molecule has 6 heteroatoms. The first-order valence-corrected chi connectivity index (χ1v) is 10.5. The summed E-state index contributed by atoms with van der Waals surface area (Å²) >= 11 is 0. The number of H-pyrrole nitrogens is 1. The van der Waals surface area contributed by atoms with Gasteiger partial charge in [-0.3, -0.25) is 4.79 Å². The van der Waals surface area contributed by atoms with Crippen molar-refractivity contribution in [2.75, 3.05) is 0 Å². The molecule has 3 nitrogen and oxygen atoms in total. The number of aromatic amines is 1. The summed E-state index contributed by atoms with van der Waals surface area (Å²) in [6.07, 6.45) is -2.80. The Balaban J connectivity index is 1.48. The number of rotatable bonds is 4. The van der Waals surface area contributed by atoms with Crippen LogP contribution in [0.5, 0.6) is 0 Å². The lowest BCUT2D eigenvalue weighted by Gasteiger charge is -2.11. The van der Waals surface area contributed by atoms with Gasteiger partial charge in [0.1, 0.15) is 5.65 Å². The number of Topliss-reactive ketones (excluding diaryl/α,β-unsaturated/α-hetero) is 1. The minimum Gasteiger partial charge on any atom is -0.339 e. The number of nitrogens with zero attached hydrogens (tertiary/aromatic N) is 1. The Bertz CT molecular complexity index is 1520. The van der Waals surface area contributed by atoms with Crippen molar-refractivity contribution in [2.24, 2.45) is 0 Å². The van der Waals surface area contributed by atoms with E-state index < -0.39 is 11.7 Å². The minimum atomic E-state index is -4.44. The van der Waals surface area contributed by atoms with E-state index in [4.69, 9.17) is 0 Å². The minimum absolute atomic E-state index is 0.0981. The number of ketones is 1. The molecule has 0 radical (unpaired) electrons. The van der Waals surface area contributed by atoms with Gasteiger partial charge in [0.15, 0.2) is 5.78 Å². The van der Waals surface area contributed by atoms with Crippen molar-refractivity contribution in [1.29, 1.82) is 0 Å².